The van der Waals surface area contributed by atoms with Crippen molar-refractivity contribution in [1.29, 1.82) is 5.26 Å². The largest absolute Gasteiger partial charge is 0.495 e. The van der Waals surface area contributed by atoms with Gasteiger partial charge in [0.1, 0.15) is 23.3 Å². The molecular weight excluding hydrogens is 458 g/mol. The third-order valence-corrected chi connectivity index (χ3v) is 7.57. The summed E-state index contributed by atoms with van der Waals surface area (Å²) in [6.45, 7) is 5.44. The third-order valence-electron chi connectivity index (χ3n) is 5.67. The Balaban J connectivity index is 1.68. The summed E-state index contributed by atoms with van der Waals surface area (Å²) in [5.74, 6) is 1.13. The van der Waals surface area contributed by atoms with E-state index in [2.05, 4.69) is 38.6 Å². The van der Waals surface area contributed by atoms with Gasteiger partial charge in [-0.25, -0.2) is 8.42 Å². The number of aromatic nitrogens is 3. The van der Waals surface area contributed by atoms with Crippen LogP contribution in [0.2, 0.25) is 0 Å². The first-order valence-corrected chi connectivity index (χ1v) is 12.4. The lowest BCUT2D eigenvalue weighted by atomic mass is 10.2. The molecule has 3 N–H and O–H groups in total. The topological polar surface area (TPSA) is 145 Å². The molecule has 1 atom stereocenters. The molecule has 0 unspecified atom stereocenters. The molecule has 11 nitrogen and oxygen atoms in total. The van der Waals surface area contributed by atoms with E-state index in [1.807, 2.05) is 6.92 Å². The number of aromatic amines is 1. The van der Waals surface area contributed by atoms with Crippen LogP contribution in [0.3, 0.4) is 0 Å². The Labute approximate surface area is 198 Å². The number of fused-ring (bicyclic) bond motifs is 1. The molecule has 0 radical (unpaired) electrons. The van der Waals surface area contributed by atoms with Crippen molar-refractivity contribution in [3.63, 3.8) is 0 Å². The first kappa shape index (κ1) is 23.7. The normalized spacial score (nSPS) is 15.6. The molecule has 4 rings (SSSR count). The Morgan fingerprint density at radius 3 is 2.76 bits per heavy atom. The van der Waals surface area contributed by atoms with Gasteiger partial charge in [-0.15, -0.1) is 0 Å². The van der Waals surface area contributed by atoms with Gasteiger partial charge in [0.25, 0.3) is 0 Å². The van der Waals surface area contributed by atoms with Gasteiger partial charge in [0.05, 0.1) is 41.9 Å². The Kier molecular flexibility index (Phi) is 6.87. The highest BCUT2D eigenvalue weighted by Crippen LogP contribution is 2.32. The van der Waals surface area contributed by atoms with E-state index in [1.165, 1.54) is 23.5 Å². The molecule has 1 aliphatic rings. The first-order valence-electron chi connectivity index (χ1n) is 11.0. The number of nitrogens with zero attached hydrogens (tertiary/aromatic N) is 4. The minimum Gasteiger partial charge on any atom is -0.495 e. The van der Waals surface area contributed by atoms with Crippen LogP contribution in [-0.2, 0) is 14.8 Å². The quantitative estimate of drug-likeness (QED) is 0.438. The van der Waals surface area contributed by atoms with Crippen molar-refractivity contribution >= 4 is 38.5 Å². The number of morpholine rings is 1. The molecule has 3 heterocycles. The van der Waals surface area contributed by atoms with Crippen molar-refractivity contribution in [2.75, 3.05) is 44.0 Å². The highest BCUT2D eigenvalue weighted by Gasteiger charge is 2.27. The zero-order chi connectivity index (χ0) is 24.3. The van der Waals surface area contributed by atoms with Gasteiger partial charge in [0, 0.05) is 31.4 Å². The van der Waals surface area contributed by atoms with Gasteiger partial charge in [-0.1, -0.05) is 6.92 Å². The molecule has 1 aromatic carbocycles. The van der Waals surface area contributed by atoms with Crippen LogP contribution < -0.4 is 15.4 Å². The van der Waals surface area contributed by atoms with Gasteiger partial charge < -0.3 is 25.1 Å². The molecule has 0 spiro atoms. The summed E-state index contributed by atoms with van der Waals surface area (Å²) in [4.78, 5) is 12.2. The van der Waals surface area contributed by atoms with E-state index in [0.29, 0.717) is 60.2 Å². The van der Waals surface area contributed by atoms with Crippen LogP contribution in [0.4, 0.5) is 17.5 Å². The maximum atomic E-state index is 13.0. The van der Waals surface area contributed by atoms with E-state index < -0.39 is 10.0 Å². The lowest BCUT2D eigenvalue weighted by Gasteiger charge is -2.26. The van der Waals surface area contributed by atoms with Gasteiger partial charge in [-0.2, -0.15) is 19.5 Å². The Bertz CT molecular complexity index is 1330. The van der Waals surface area contributed by atoms with E-state index in [-0.39, 0.29) is 16.9 Å². The lowest BCUT2D eigenvalue weighted by Crippen LogP contribution is -2.40. The minimum absolute atomic E-state index is 0.131. The van der Waals surface area contributed by atoms with E-state index >= 15 is 0 Å². The zero-order valence-corrected chi connectivity index (χ0v) is 20.1. The number of hydrogen-bond donors (Lipinski definition) is 3. The molecule has 0 amide bonds. The smallest absolute Gasteiger partial charge is 0.243 e. The highest BCUT2D eigenvalue weighted by atomic mass is 32.2. The molecule has 2 aromatic heterocycles. The number of nitrogens with one attached hydrogen (secondary N) is 3. The summed E-state index contributed by atoms with van der Waals surface area (Å²) >= 11 is 0. The second-order valence-electron chi connectivity index (χ2n) is 7.89. The average molecular weight is 486 g/mol. The molecule has 180 valence electrons. The standard InChI is InChI=1S/C22H27N7O4S/c1-4-14(2)25-21-19-15(12-23)13-24-20(19)27-22(28-21)26-17-6-5-16(11-18(17)32-3)34(30,31)29-7-9-33-10-8-29/h5-6,11,13-14H,4,7-10H2,1-3H3,(H3,24,25,26,27,28)/t14-/m1/s1. The van der Waals surface area contributed by atoms with E-state index in [9.17, 15) is 13.7 Å². The number of benzene rings is 1. The number of methoxy groups -OCH3 is 1. The molecule has 1 saturated heterocycles. The number of hydrogen-bond acceptors (Lipinski definition) is 9. The number of anilines is 3. The van der Waals surface area contributed by atoms with Crippen molar-refractivity contribution in [1.82, 2.24) is 19.3 Å². The predicted octanol–water partition coefficient (Wildman–Crippen LogP) is 2.81. The number of nitriles is 1. The molecular formula is C22H27N7O4S. The number of ether oxygens (including phenoxy) is 2. The zero-order valence-electron chi connectivity index (χ0n) is 19.3. The maximum absolute atomic E-state index is 13.0. The van der Waals surface area contributed by atoms with Crippen molar-refractivity contribution in [2.45, 2.75) is 31.2 Å². The maximum Gasteiger partial charge on any atom is 0.243 e. The van der Waals surface area contributed by atoms with Crippen molar-refractivity contribution in [3.8, 4) is 11.8 Å². The van der Waals surface area contributed by atoms with Crippen LogP contribution in [0.25, 0.3) is 11.0 Å². The van der Waals surface area contributed by atoms with Crippen LogP contribution in [-0.4, -0.2) is 67.1 Å². The predicted molar refractivity (Wildman–Crippen MR) is 128 cm³/mol. The summed E-state index contributed by atoms with van der Waals surface area (Å²) in [5, 5.41) is 16.5. The van der Waals surface area contributed by atoms with Gasteiger partial charge in [0.2, 0.25) is 16.0 Å². The van der Waals surface area contributed by atoms with E-state index in [0.717, 1.165) is 6.42 Å². The molecule has 0 saturated carbocycles. The van der Waals surface area contributed by atoms with Gasteiger partial charge in [0.15, 0.2) is 0 Å². The van der Waals surface area contributed by atoms with Crippen molar-refractivity contribution < 1.29 is 17.9 Å². The van der Waals surface area contributed by atoms with E-state index in [4.69, 9.17) is 9.47 Å². The number of rotatable bonds is 8. The average Bonchev–Trinajstić information content (AvgIpc) is 3.28. The minimum atomic E-state index is -3.67. The van der Waals surface area contributed by atoms with Crippen LogP contribution in [0.1, 0.15) is 25.8 Å². The summed E-state index contributed by atoms with van der Waals surface area (Å²) in [6.07, 6.45) is 2.46. The van der Waals surface area contributed by atoms with Crippen molar-refractivity contribution in [2.24, 2.45) is 0 Å². The third kappa shape index (κ3) is 4.63. The monoisotopic (exact) mass is 485 g/mol. The Morgan fingerprint density at radius 1 is 1.32 bits per heavy atom. The summed E-state index contributed by atoms with van der Waals surface area (Å²) in [7, 11) is -2.20. The van der Waals surface area contributed by atoms with Gasteiger partial charge in [-0.3, -0.25) is 0 Å². The van der Waals surface area contributed by atoms with Crippen LogP contribution in [0, 0.1) is 11.3 Å². The van der Waals surface area contributed by atoms with Gasteiger partial charge >= 0.3 is 0 Å². The SMILES string of the molecule is CC[C@@H](C)Nc1nc(Nc2ccc(S(=O)(=O)N3CCOCC3)cc2OC)nc2[nH]cc(C#N)c12. The highest BCUT2D eigenvalue weighted by molar-refractivity contribution is 7.89. The van der Waals surface area contributed by atoms with Gasteiger partial charge in [-0.05, 0) is 25.5 Å². The van der Waals surface area contributed by atoms with Crippen molar-refractivity contribution in [3.05, 3.63) is 30.0 Å². The summed E-state index contributed by atoms with van der Waals surface area (Å²) in [5.41, 5.74) is 1.46. The molecule has 1 aliphatic heterocycles. The number of H-pyrrole nitrogens is 1. The molecule has 34 heavy (non-hydrogen) atoms. The van der Waals surface area contributed by atoms with Crippen LogP contribution in [0.15, 0.2) is 29.3 Å². The fourth-order valence-corrected chi connectivity index (χ4v) is 5.03. The second-order valence-corrected chi connectivity index (χ2v) is 9.83. The molecule has 0 bridgehead atoms. The fraction of sp³-hybridized carbons (Fsp3) is 0.409. The molecule has 3 aromatic rings. The van der Waals surface area contributed by atoms with Crippen LogP contribution in [0.5, 0.6) is 5.75 Å². The Hall–Kier alpha value is -3.40. The van der Waals surface area contributed by atoms with Crippen LogP contribution >= 0.6 is 0 Å². The summed E-state index contributed by atoms with van der Waals surface area (Å²) in [6, 6.07) is 6.91. The number of sulfonamides is 1. The second kappa shape index (κ2) is 9.84. The lowest BCUT2D eigenvalue weighted by molar-refractivity contribution is 0.0730. The molecule has 1 fully saturated rings. The Morgan fingerprint density at radius 2 is 2.09 bits per heavy atom. The molecule has 12 heteroatoms. The van der Waals surface area contributed by atoms with E-state index in [1.54, 1.807) is 12.3 Å². The first-order chi connectivity index (χ1) is 16.4. The fourth-order valence-electron chi connectivity index (χ4n) is 3.61. The molecule has 0 aliphatic carbocycles. The summed E-state index contributed by atoms with van der Waals surface area (Å²) < 4.78 is 38.2.